The number of carbonyl (C=O) groups excluding carboxylic acids is 1. The zero-order valence-electron chi connectivity index (χ0n) is 19.5. The van der Waals surface area contributed by atoms with Crippen molar-refractivity contribution >= 4 is 27.7 Å². The molecule has 2 aromatic rings. The predicted octanol–water partition coefficient (Wildman–Crippen LogP) is 3.19. The number of para-hydroxylation sites is 1. The average molecular weight is 510 g/mol. The number of thioether (sulfide) groups is 1. The van der Waals surface area contributed by atoms with E-state index in [4.69, 9.17) is 4.74 Å². The summed E-state index contributed by atoms with van der Waals surface area (Å²) in [7, 11) is -2.59. The molecule has 1 amide bonds. The van der Waals surface area contributed by atoms with Crippen molar-refractivity contribution in [3.05, 3.63) is 59.9 Å². The molecule has 0 spiro atoms. The fourth-order valence-electron chi connectivity index (χ4n) is 4.14. The van der Waals surface area contributed by atoms with Crippen molar-refractivity contribution in [3.8, 4) is 5.75 Å². The zero-order valence-corrected chi connectivity index (χ0v) is 21.1. The highest BCUT2D eigenvalue weighted by Gasteiger charge is 2.30. The van der Waals surface area contributed by atoms with E-state index in [2.05, 4.69) is 14.9 Å². The molecule has 0 aliphatic carbocycles. The van der Waals surface area contributed by atoms with Crippen molar-refractivity contribution in [1.29, 1.82) is 0 Å². The summed E-state index contributed by atoms with van der Waals surface area (Å²) in [5.41, 5.74) is 0.972. The van der Waals surface area contributed by atoms with Crippen molar-refractivity contribution in [1.82, 2.24) is 14.9 Å². The largest absolute Gasteiger partial charge is 0.496 e. The van der Waals surface area contributed by atoms with Gasteiger partial charge in [-0.2, -0.15) is 16.5 Å². The lowest BCUT2D eigenvalue weighted by Crippen LogP contribution is -2.49. The van der Waals surface area contributed by atoms with Crippen LogP contribution in [0.2, 0.25) is 0 Å². The Kier molecular flexibility index (Phi) is 9.75. The van der Waals surface area contributed by atoms with Crippen molar-refractivity contribution in [3.63, 3.8) is 0 Å². The van der Waals surface area contributed by atoms with E-state index in [1.165, 1.54) is 30.0 Å². The summed E-state index contributed by atoms with van der Waals surface area (Å²) < 4.78 is 47.7. The molecule has 0 aromatic heterocycles. The van der Waals surface area contributed by atoms with Crippen LogP contribution < -0.4 is 14.8 Å². The van der Waals surface area contributed by atoms with E-state index >= 15 is 0 Å². The van der Waals surface area contributed by atoms with Gasteiger partial charge in [0.1, 0.15) is 22.5 Å². The van der Waals surface area contributed by atoms with Crippen LogP contribution in [0.3, 0.4) is 0 Å². The van der Waals surface area contributed by atoms with Gasteiger partial charge in [0.15, 0.2) is 0 Å². The van der Waals surface area contributed by atoms with Crippen LogP contribution in [0.5, 0.6) is 5.75 Å². The van der Waals surface area contributed by atoms with Gasteiger partial charge in [-0.25, -0.2) is 12.8 Å². The van der Waals surface area contributed by atoms with Crippen LogP contribution in [0.4, 0.5) is 4.39 Å². The third-order valence-electron chi connectivity index (χ3n) is 5.90. The first-order chi connectivity index (χ1) is 16.4. The normalized spacial score (nSPS) is 16.2. The number of amides is 1. The molecular formula is C24H32FN3O4S2. The number of methoxy groups -OCH3 is 1. The van der Waals surface area contributed by atoms with Crippen molar-refractivity contribution < 1.29 is 22.3 Å². The first-order valence-corrected chi connectivity index (χ1v) is 14.2. The standard InChI is InChI=1S/C24H32FN3O4S2/c1-32-22-11-5-3-9-18(22)21(28-14-7-8-15-28)17-26-24(29)20(13-16-33-2)27-34(30,31)23-12-6-4-10-19(23)25/h3-6,9-12,20-21,27H,7-8,13-17H2,1-2H3,(H,26,29)/t20-,21-/m0/s1. The number of nitrogens with zero attached hydrogens (tertiary/aromatic N) is 1. The number of ether oxygens (including phenoxy) is 1. The molecule has 1 saturated heterocycles. The third-order valence-corrected chi connectivity index (χ3v) is 8.05. The van der Waals surface area contributed by atoms with Crippen LogP contribution >= 0.6 is 11.8 Å². The molecule has 0 bridgehead atoms. The number of benzene rings is 2. The maximum absolute atomic E-state index is 14.1. The SMILES string of the molecule is COc1ccccc1[C@H](CNC(=O)[C@H](CCSC)NS(=O)(=O)c1ccccc1F)N1CCCC1. The summed E-state index contributed by atoms with van der Waals surface area (Å²) in [4.78, 5) is 15.0. The van der Waals surface area contributed by atoms with E-state index in [0.29, 0.717) is 12.3 Å². The molecule has 0 saturated carbocycles. The minimum atomic E-state index is -4.21. The molecule has 2 N–H and O–H groups in total. The zero-order chi connectivity index (χ0) is 24.6. The molecule has 34 heavy (non-hydrogen) atoms. The first-order valence-electron chi connectivity index (χ1n) is 11.3. The Labute approximate surface area is 205 Å². The van der Waals surface area contributed by atoms with E-state index in [1.807, 2.05) is 30.5 Å². The topological polar surface area (TPSA) is 87.7 Å². The molecular weight excluding hydrogens is 477 g/mol. The molecule has 1 heterocycles. The van der Waals surface area contributed by atoms with Gasteiger partial charge in [0.05, 0.1) is 13.2 Å². The lowest BCUT2D eigenvalue weighted by molar-refractivity contribution is -0.123. The van der Waals surface area contributed by atoms with Crippen LogP contribution in [0.1, 0.15) is 30.9 Å². The molecule has 10 heteroatoms. The Morgan fingerprint density at radius 3 is 2.50 bits per heavy atom. The second-order valence-electron chi connectivity index (χ2n) is 8.13. The van der Waals surface area contributed by atoms with E-state index in [1.54, 1.807) is 7.11 Å². The van der Waals surface area contributed by atoms with Crippen LogP contribution in [0.15, 0.2) is 53.4 Å². The Hall–Kier alpha value is -2.14. The monoisotopic (exact) mass is 509 g/mol. The lowest BCUT2D eigenvalue weighted by Gasteiger charge is -2.30. The van der Waals surface area contributed by atoms with E-state index in [9.17, 15) is 17.6 Å². The van der Waals surface area contributed by atoms with E-state index in [0.717, 1.165) is 43.3 Å². The summed E-state index contributed by atoms with van der Waals surface area (Å²) >= 11 is 1.51. The summed E-state index contributed by atoms with van der Waals surface area (Å²) in [5, 5.41) is 2.94. The van der Waals surface area contributed by atoms with Gasteiger partial charge in [0, 0.05) is 12.1 Å². The summed E-state index contributed by atoms with van der Waals surface area (Å²) in [5.74, 6) is 0.0186. The van der Waals surface area contributed by atoms with Crippen molar-refractivity contribution in [2.45, 2.75) is 36.2 Å². The number of hydrogen-bond donors (Lipinski definition) is 2. The molecule has 1 aliphatic heterocycles. The Balaban J connectivity index is 1.77. The second-order valence-corrected chi connectivity index (χ2v) is 10.8. The number of rotatable bonds is 12. The molecule has 1 aliphatic rings. The quantitative estimate of drug-likeness (QED) is 0.457. The number of carbonyl (C=O) groups is 1. The highest BCUT2D eigenvalue weighted by molar-refractivity contribution is 7.98. The highest BCUT2D eigenvalue weighted by atomic mass is 32.2. The molecule has 0 unspecified atom stereocenters. The van der Waals surface area contributed by atoms with Crippen molar-refractivity contribution in [2.24, 2.45) is 0 Å². The Bertz CT molecular complexity index is 1060. The highest BCUT2D eigenvalue weighted by Crippen LogP contribution is 2.31. The molecule has 2 atom stereocenters. The maximum atomic E-state index is 14.1. The number of hydrogen-bond acceptors (Lipinski definition) is 6. The minimum Gasteiger partial charge on any atom is -0.496 e. The average Bonchev–Trinajstić information content (AvgIpc) is 3.37. The van der Waals surface area contributed by atoms with Gasteiger partial charge in [-0.15, -0.1) is 0 Å². The van der Waals surface area contributed by atoms with E-state index in [-0.39, 0.29) is 12.5 Å². The van der Waals surface area contributed by atoms with Crippen LogP contribution in [-0.2, 0) is 14.8 Å². The number of halogens is 1. The summed E-state index contributed by atoms with van der Waals surface area (Å²) in [6.45, 7) is 2.12. The van der Waals surface area contributed by atoms with Crippen LogP contribution in [0, 0.1) is 5.82 Å². The third kappa shape index (κ3) is 6.71. The van der Waals surface area contributed by atoms with Crippen LogP contribution in [-0.4, -0.2) is 64.0 Å². The van der Waals surface area contributed by atoms with E-state index < -0.39 is 32.7 Å². The predicted molar refractivity (Wildman–Crippen MR) is 133 cm³/mol. The van der Waals surface area contributed by atoms with Gasteiger partial charge < -0.3 is 10.1 Å². The Morgan fingerprint density at radius 2 is 1.82 bits per heavy atom. The van der Waals surface area contributed by atoms with Gasteiger partial charge in [-0.3, -0.25) is 9.69 Å². The summed E-state index contributed by atoms with van der Waals surface area (Å²) in [6, 6.07) is 11.7. The van der Waals surface area contributed by atoms with Crippen LogP contribution in [0.25, 0.3) is 0 Å². The summed E-state index contributed by atoms with van der Waals surface area (Å²) in [6.07, 6.45) is 4.33. The molecule has 0 radical (unpaired) electrons. The number of nitrogens with one attached hydrogen (secondary N) is 2. The number of likely N-dealkylation sites (tertiary alicyclic amines) is 1. The number of sulfonamides is 1. The smallest absolute Gasteiger partial charge is 0.244 e. The van der Waals surface area contributed by atoms with Gasteiger partial charge in [0.2, 0.25) is 15.9 Å². The fourth-order valence-corrected chi connectivity index (χ4v) is 5.92. The molecule has 186 valence electrons. The van der Waals surface area contributed by atoms with Crippen molar-refractivity contribution in [2.75, 3.05) is 38.8 Å². The molecule has 7 nitrogen and oxygen atoms in total. The minimum absolute atomic E-state index is 0.105. The van der Waals surface area contributed by atoms with Gasteiger partial charge in [-0.1, -0.05) is 30.3 Å². The lowest BCUT2D eigenvalue weighted by atomic mass is 10.0. The Morgan fingerprint density at radius 1 is 1.15 bits per heavy atom. The maximum Gasteiger partial charge on any atom is 0.244 e. The molecule has 1 fully saturated rings. The molecule has 2 aromatic carbocycles. The second kappa shape index (κ2) is 12.5. The fraction of sp³-hybridized carbons (Fsp3) is 0.458. The van der Waals surface area contributed by atoms with Gasteiger partial charge >= 0.3 is 0 Å². The van der Waals surface area contributed by atoms with Gasteiger partial charge in [0.25, 0.3) is 0 Å². The molecule has 3 rings (SSSR count). The first kappa shape index (κ1) is 26.5. The van der Waals surface area contributed by atoms with Gasteiger partial charge in [-0.05, 0) is 62.6 Å².